The minimum Gasteiger partial charge on any atom is -0.490 e. The molecule has 19 heavy (non-hydrogen) atoms. The van der Waals surface area contributed by atoms with Crippen LogP contribution in [0, 0.1) is 10.1 Å². The van der Waals surface area contributed by atoms with E-state index in [1.165, 1.54) is 20.0 Å². The lowest BCUT2D eigenvalue weighted by molar-refractivity contribution is -0.384. The summed E-state index contributed by atoms with van der Waals surface area (Å²) in [5.74, 6) is 0.286. The number of benzene rings is 1. The van der Waals surface area contributed by atoms with Gasteiger partial charge in [-0.2, -0.15) is 0 Å². The Hall–Kier alpha value is -1.82. The molecule has 1 aliphatic rings. The van der Waals surface area contributed by atoms with Gasteiger partial charge < -0.3 is 15.4 Å². The summed E-state index contributed by atoms with van der Waals surface area (Å²) < 4.78 is 5.03. The number of methoxy groups -OCH3 is 1. The highest BCUT2D eigenvalue weighted by atomic mass is 16.6. The van der Waals surface area contributed by atoms with Crippen LogP contribution in [0.3, 0.4) is 0 Å². The maximum absolute atomic E-state index is 11.1. The summed E-state index contributed by atoms with van der Waals surface area (Å²) in [6.07, 6.45) is 3.36. The van der Waals surface area contributed by atoms with Crippen molar-refractivity contribution in [2.24, 2.45) is 0 Å². The lowest BCUT2D eigenvalue weighted by Gasteiger charge is -2.12. The van der Waals surface area contributed by atoms with E-state index in [2.05, 4.69) is 10.6 Å². The van der Waals surface area contributed by atoms with Gasteiger partial charge in [-0.05, 0) is 37.9 Å². The fraction of sp³-hybridized carbons (Fsp3) is 0.538. The molecule has 0 aliphatic carbocycles. The van der Waals surface area contributed by atoms with E-state index in [1.54, 1.807) is 18.2 Å². The molecule has 0 amide bonds. The first kappa shape index (κ1) is 13.6. The van der Waals surface area contributed by atoms with Crippen LogP contribution in [0.15, 0.2) is 18.2 Å². The van der Waals surface area contributed by atoms with Crippen LogP contribution in [0.2, 0.25) is 0 Å². The van der Waals surface area contributed by atoms with E-state index in [9.17, 15) is 10.1 Å². The molecule has 1 fully saturated rings. The van der Waals surface area contributed by atoms with Crippen LogP contribution < -0.4 is 15.4 Å². The van der Waals surface area contributed by atoms with E-state index in [0.717, 1.165) is 13.0 Å². The second kappa shape index (κ2) is 6.38. The van der Waals surface area contributed by atoms with Crippen molar-refractivity contribution in [2.45, 2.75) is 25.3 Å². The van der Waals surface area contributed by atoms with Gasteiger partial charge in [-0.3, -0.25) is 10.1 Å². The number of nitrogens with one attached hydrogen (secondary N) is 2. The van der Waals surface area contributed by atoms with E-state index in [-0.39, 0.29) is 11.4 Å². The van der Waals surface area contributed by atoms with E-state index in [0.29, 0.717) is 18.3 Å². The van der Waals surface area contributed by atoms with Gasteiger partial charge in [0.15, 0.2) is 5.75 Å². The smallest absolute Gasteiger partial charge is 0.333 e. The molecule has 0 radical (unpaired) electrons. The molecular weight excluding hydrogens is 246 g/mol. The number of nitro groups is 1. The number of hydrogen-bond donors (Lipinski definition) is 2. The first-order chi connectivity index (χ1) is 9.22. The fourth-order valence-electron chi connectivity index (χ4n) is 2.40. The zero-order chi connectivity index (χ0) is 13.7. The molecule has 104 valence electrons. The van der Waals surface area contributed by atoms with Crippen LogP contribution in [0.25, 0.3) is 0 Å². The van der Waals surface area contributed by atoms with Crippen LogP contribution in [0.4, 0.5) is 11.4 Å². The molecule has 1 aliphatic heterocycles. The molecule has 1 aromatic carbocycles. The summed E-state index contributed by atoms with van der Waals surface area (Å²) in [7, 11) is 1.44. The molecule has 1 heterocycles. The van der Waals surface area contributed by atoms with Gasteiger partial charge >= 0.3 is 5.69 Å². The summed E-state index contributed by atoms with van der Waals surface area (Å²) in [4.78, 5) is 10.7. The molecule has 0 saturated carbocycles. The van der Waals surface area contributed by atoms with Crippen molar-refractivity contribution in [1.82, 2.24) is 5.32 Å². The monoisotopic (exact) mass is 265 g/mol. The highest BCUT2D eigenvalue weighted by Crippen LogP contribution is 2.34. The number of ether oxygens (including phenoxy) is 1. The average Bonchev–Trinajstić information content (AvgIpc) is 2.91. The van der Waals surface area contributed by atoms with Crippen molar-refractivity contribution in [3.63, 3.8) is 0 Å². The Balaban J connectivity index is 2.00. The van der Waals surface area contributed by atoms with Gasteiger partial charge in [0.25, 0.3) is 0 Å². The molecule has 0 spiro atoms. The first-order valence-electron chi connectivity index (χ1n) is 6.51. The molecule has 2 N–H and O–H groups in total. The third kappa shape index (κ3) is 3.35. The molecule has 1 aromatic rings. The van der Waals surface area contributed by atoms with Crippen molar-refractivity contribution in [1.29, 1.82) is 0 Å². The van der Waals surface area contributed by atoms with Crippen LogP contribution in [0.1, 0.15) is 19.3 Å². The predicted octanol–water partition coefficient (Wildman–Crippen LogP) is 2.16. The molecule has 1 saturated heterocycles. The number of rotatable bonds is 6. The average molecular weight is 265 g/mol. The van der Waals surface area contributed by atoms with Crippen molar-refractivity contribution >= 4 is 11.4 Å². The zero-order valence-corrected chi connectivity index (χ0v) is 11.0. The molecule has 0 unspecified atom stereocenters. The zero-order valence-electron chi connectivity index (χ0n) is 11.0. The van der Waals surface area contributed by atoms with Gasteiger partial charge in [-0.25, -0.2) is 0 Å². The Morgan fingerprint density at radius 1 is 1.58 bits per heavy atom. The maximum Gasteiger partial charge on any atom is 0.333 e. The minimum absolute atomic E-state index is 0.00406. The molecule has 2 rings (SSSR count). The number of nitrogens with zero attached hydrogens (tertiary/aromatic N) is 1. The number of hydrogen-bond acceptors (Lipinski definition) is 5. The summed E-state index contributed by atoms with van der Waals surface area (Å²) in [6, 6.07) is 5.59. The second-order valence-electron chi connectivity index (χ2n) is 4.62. The Labute approximate surface area is 112 Å². The molecule has 1 atom stereocenters. The molecular formula is C13H19N3O3. The largest absolute Gasteiger partial charge is 0.490 e. The highest BCUT2D eigenvalue weighted by molar-refractivity contribution is 5.68. The maximum atomic E-state index is 11.1. The van der Waals surface area contributed by atoms with Gasteiger partial charge in [-0.15, -0.1) is 0 Å². The second-order valence-corrected chi connectivity index (χ2v) is 4.62. The standard InChI is InChI=1S/C13H19N3O3/c1-19-12-6-2-5-11(13(12)16(17)18)15-9-7-10-4-3-8-14-10/h2,5-6,10,14-15H,3-4,7-9H2,1H3/t10-/m0/s1. The normalized spacial score (nSPS) is 18.3. The van der Waals surface area contributed by atoms with Crippen molar-refractivity contribution in [3.05, 3.63) is 28.3 Å². The summed E-state index contributed by atoms with van der Waals surface area (Å²) in [6.45, 7) is 1.79. The first-order valence-corrected chi connectivity index (χ1v) is 6.51. The van der Waals surface area contributed by atoms with Crippen molar-refractivity contribution in [2.75, 3.05) is 25.5 Å². The number of para-hydroxylation sites is 1. The van der Waals surface area contributed by atoms with Gasteiger partial charge in [0.05, 0.1) is 12.0 Å². The summed E-state index contributed by atoms with van der Waals surface area (Å²) in [5, 5.41) is 17.6. The van der Waals surface area contributed by atoms with Gasteiger partial charge in [0.1, 0.15) is 5.69 Å². The lowest BCUT2D eigenvalue weighted by Crippen LogP contribution is -2.24. The van der Waals surface area contributed by atoms with E-state index >= 15 is 0 Å². The highest BCUT2D eigenvalue weighted by Gasteiger charge is 2.20. The number of nitro benzene ring substituents is 1. The van der Waals surface area contributed by atoms with Gasteiger partial charge in [0, 0.05) is 12.6 Å². The third-order valence-electron chi connectivity index (χ3n) is 3.37. The van der Waals surface area contributed by atoms with E-state index in [4.69, 9.17) is 4.74 Å². The van der Waals surface area contributed by atoms with Crippen LogP contribution >= 0.6 is 0 Å². The fourth-order valence-corrected chi connectivity index (χ4v) is 2.40. The minimum atomic E-state index is -0.408. The molecule has 6 nitrogen and oxygen atoms in total. The van der Waals surface area contributed by atoms with Crippen molar-refractivity contribution in [3.8, 4) is 5.75 Å². The summed E-state index contributed by atoms with van der Waals surface area (Å²) >= 11 is 0. The Morgan fingerprint density at radius 2 is 2.42 bits per heavy atom. The SMILES string of the molecule is COc1cccc(NCC[C@@H]2CCCN2)c1[N+](=O)[O-]. The quantitative estimate of drug-likeness (QED) is 0.609. The third-order valence-corrected chi connectivity index (χ3v) is 3.37. The molecule has 6 heteroatoms. The topological polar surface area (TPSA) is 76.4 Å². The van der Waals surface area contributed by atoms with E-state index < -0.39 is 4.92 Å². The van der Waals surface area contributed by atoms with E-state index in [1.807, 2.05) is 0 Å². The lowest BCUT2D eigenvalue weighted by atomic mass is 10.1. The number of anilines is 1. The Morgan fingerprint density at radius 3 is 3.05 bits per heavy atom. The summed E-state index contributed by atoms with van der Waals surface area (Å²) in [5.41, 5.74) is 0.520. The van der Waals surface area contributed by atoms with Gasteiger partial charge in [0.2, 0.25) is 0 Å². The van der Waals surface area contributed by atoms with Crippen LogP contribution in [-0.4, -0.2) is 31.2 Å². The Kier molecular flexibility index (Phi) is 4.57. The predicted molar refractivity (Wildman–Crippen MR) is 73.8 cm³/mol. The molecule has 0 aromatic heterocycles. The molecule has 0 bridgehead atoms. The Bertz CT molecular complexity index is 445. The van der Waals surface area contributed by atoms with Crippen LogP contribution in [0.5, 0.6) is 5.75 Å². The van der Waals surface area contributed by atoms with Gasteiger partial charge in [-0.1, -0.05) is 6.07 Å². The van der Waals surface area contributed by atoms with Crippen LogP contribution in [-0.2, 0) is 0 Å². The van der Waals surface area contributed by atoms with Crippen molar-refractivity contribution < 1.29 is 9.66 Å².